The molecule has 0 saturated heterocycles. The van der Waals surface area contributed by atoms with E-state index in [4.69, 9.17) is 0 Å². The summed E-state index contributed by atoms with van der Waals surface area (Å²) in [5.41, 5.74) is 6.06. The van der Waals surface area contributed by atoms with Gasteiger partial charge in [-0.2, -0.15) is 0 Å². The molecule has 100 valence electrons. The summed E-state index contributed by atoms with van der Waals surface area (Å²) in [6.45, 7) is 2.11. The summed E-state index contributed by atoms with van der Waals surface area (Å²) in [7, 11) is 0. The highest BCUT2D eigenvalue weighted by atomic mass is 16.3. The molecule has 2 nitrogen and oxygen atoms in total. The van der Waals surface area contributed by atoms with Crippen LogP contribution in [0.4, 0.5) is 0 Å². The highest BCUT2D eigenvalue weighted by Crippen LogP contribution is 2.39. The zero-order valence-corrected chi connectivity index (χ0v) is 11.4. The second-order valence-electron chi connectivity index (χ2n) is 5.71. The lowest BCUT2D eigenvalue weighted by molar-refractivity contribution is 0.168. The van der Waals surface area contributed by atoms with Crippen molar-refractivity contribution in [3.05, 3.63) is 70.9 Å². The van der Waals surface area contributed by atoms with Gasteiger partial charge in [0.15, 0.2) is 0 Å². The van der Waals surface area contributed by atoms with E-state index >= 15 is 0 Å². The molecule has 20 heavy (non-hydrogen) atoms. The summed E-state index contributed by atoms with van der Waals surface area (Å²) in [5.74, 6) is 0.0676. The van der Waals surface area contributed by atoms with E-state index in [9.17, 15) is 5.11 Å². The standard InChI is InChI=1S/C18H17NO/c1-11-5-4-7-13-9-15(19-18(11)13)17-14-8-3-2-6-12(14)10-16(17)20/h2-9,16-17,19-20H,10H2,1H3. The van der Waals surface area contributed by atoms with Crippen molar-refractivity contribution in [1.29, 1.82) is 0 Å². The molecule has 1 aromatic heterocycles. The average Bonchev–Trinajstić information content (AvgIpc) is 2.99. The molecular formula is C18H17NO. The molecule has 0 fully saturated rings. The lowest BCUT2D eigenvalue weighted by atomic mass is 9.96. The van der Waals surface area contributed by atoms with Crippen LogP contribution in [-0.2, 0) is 6.42 Å². The first kappa shape index (κ1) is 11.7. The third-order valence-electron chi connectivity index (χ3n) is 4.42. The van der Waals surface area contributed by atoms with Gasteiger partial charge in [-0.3, -0.25) is 0 Å². The number of rotatable bonds is 1. The predicted molar refractivity (Wildman–Crippen MR) is 81.0 cm³/mol. The minimum absolute atomic E-state index is 0.0676. The number of hydrogen-bond acceptors (Lipinski definition) is 1. The summed E-state index contributed by atoms with van der Waals surface area (Å²) in [6, 6.07) is 16.8. The molecule has 0 bridgehead atoms. The van der Waals surface area contributed by atoms with E-state index in [0.717, 1.165) is 12.1 Å². The molecule has 2 atom stereocenters. The quantitative estimate of drug-likeness (QED) is 0.692. The molecule has 0 amide bonds. The van der Waals surface area contributed by atoms with Crippen LogP contribution in [0.25, 0.3) is 10.9 Å². The monoisotopic (exact) mass is 263 g/mol. The number of aliphatic hydroxyl groups is 1. The van der Waals surface area contributed by atoms with Crippen LogP contribution in [-0.4, -0.2) is 16.2 Å². The maximum atomic E-state index is 10.4. The van der Waals surface area contributed by atoms with Gasteiger partial charge in [-0.05, 0) is 41.5 Å². The van der Waals surface area contributed by atoms with E-state index in [0.29, 0.717) is 0 Å². The maximum absolute atomic E-state index is 10.4. The van der Waals surface area contributed by atoms with Crippen molar-refractivity contribution in [2.24, 2.45) is 0 Å². The Morgan fingerprint density at radius 2 is 1.95 bits per heavy atom. The summed E-state index contributed by atoms with van der Waals surface area (Å²) >= 11 is 0. The lowest BCUT2D eigenvalue weighted by Gasteiger charge is -2.14. The van der Waals surface area contributed by atoms with Gasteiger partial charge >= 0.3 is 0 Å². The number of H-pyrrole nitrogens is 1. The largest absolute Gasteiger partial charge is 0.392 e. The number of hydrogen-bond donors (Lipinski definition) is 2. The number of nitrogens with one attached hydrogen (secondary N) is 1. The van der Waals surface area contributed by atoms with Crippen molar-refractivity contribution in [3.63, 3.8) is 0 Å². The number of aryl methyl sites for hydroxylation is 1. The predicted octanol–water partition coefficient (Wildman–Crippen LogP) is 3.53. The van der Waals surface area contributed by atoms with Crippen molar-refractivity contribution < 1.29 is 5.11 Å². The Labute approximate surface area is 118 Å². The van der Waals surface area contributed by atoms with E-state index in [-0.39, 0.29) is 12.0 Å². The minimum atomic E-state index is -0.333. The van der Waals surface area contributed by atoms with Gasteiger partial charge in [-0.25, -0.2) is 0 Å². The first-order valence-electron chi connectivity index (χ1n) is 7.08. The Hall–Kier alpha value is -2.06. The Balaban J connectivity index is 1.89. The zero-order chi connectivity index (χ0) is 13.7. The molecule has 2 heteroatoms. The molecule has 0 spiro atoms. The van der Waals surface area contributed by atoms with Crippen LogP contribution in [0.3, 0.4) is 0 Å². The fourth-order valence-corrected chi connectivity index (χ4v) is 3.45. The first-order chi connectivity index (χ1) is 9.74. The van der Waals surface area contributed by atoms with Crippen molar-refractivity contribution in [2.45, 2.75) is 25.4 Å². The minimum Gasteiger partial charge on any atom is -0.392 e. The Morgan fingerprint density at radius 3 is 2.80 bits per heavy atom. The van der Waals surface area contributed by atoms with Gasteiger partial charge in [0.05, 0.1) is 12.0 Å². The molecule has 2 unspecified atom stereocenters. The van der Waals surface area contributed by atoms with E-state index in [2.05, 4.69) is 54.4 Å². The molecule has 2 aromatic carbocycles. The Kier molecular flexibility index (Phi) is 2.48. The van der Waals surface area contributed by atoms with Gasteiger partial charge in [0, 0.05) is 11.2 Å². The Morgan fingerprint density at radius 1 is 1.10 bits per heavy atom. The number of para-hydroxylation sites is 1. The topological polar surface area (TPSA) is 36.0 Å². The van der Waals surface area contributed by atoms with Gasteiger partial charge in [-0.1, -0.05) is 42.5 Å². The number of fused-ring (bicyclic) bond motifs is 2. The molecule has 4 rings (SSSR count). The summed E-state index contributed by atoms with van der Waals surface area (Å²) in [5, 5.41) is 11.7. The van der Waals surface area contributed by atoms with E-state index in [1.54, 1.807) is 0 Å². The smallest absolute Gasteiger partial charge is 0.0704 e. The maximum Gasteiger partial charge on any atom is 0.0704 e. The van der Waals surface area contributed by atoms with Crippen LogP contribution in [0.5, 0.6) is 0 Å². The fourth-order valence-electron chi connectivity index (χ4n) is 3.45. The molecule has 0 radical (unpaired) electrons. The molecule has 2 N–H and O–H groups in total. The average molecular weight is 263 g/mol. The van der Waals surface area contributed by atoms with Crippen LogP contribution >= 0.6 is 0 Å². The molecule has 1 heterocycles. The van der Waals surface area contributed by atoms with Crippen LogP contribution < -0.4 is 0 Å². The normalized spacial score (nSPS) is 21.3. The van der Waals surface area contributed by atoms with Gasteiger partial charge in [0.25, 0.3) is 0 Å². The SMILES string of the molecule is Cc1cccc2cc(C3c4ccccc4CC3O)[nH]c12. The molecule has 1 aliphatic rings. The van der Waals surface area contributed by atoms with Crippen molar-refractivity contribution >= 4 is 10.9 Å². The van der Waals surface area contributed by atoms with Gasteiger partial charge < -0.3 is 10.1 Å². The highest BCUT2D eigenvalue weighted by molar-refractivity contribution is 5.83. The molecule has 1 aliphatic carbocycles. The van der Waals surface area contributed by atoms with Crippen LogP contribution in [0.1, 0.15) is 28.3 Å². The highest BCUT2D eigenvalue weighted by Gasteiger charge is 2.32. The molecule has 0 aliphatic heterocycles. The molecule has 0 saturated carbocycles. The summed E-state index contributed by atoms with van der Waals surface area (Å²) in [4.78, 5) is 3.52. The van der Waals surface area contributed by atoms with Crippen LogP contribution in [0.2, 0.25) is 0 Å². The van der Waals surface area contributed by atoms with Crippen molar-refractivity contribution in [2.75, 3.05) is 0 Å². The van der Waals surface area contributed by atoms with Crippen molar-refractivity contribution in [1.82, 2.24) is 4.98 Å². The summed E-state index contributed by atoms with van der Waals surface area (Å²) in [6.07, 6.45) is 0.413. The molecular weight excluding hydrogens is 246 g/mol. The number of aliphatic hydroxyl groups excluding tert-OH is 1. The summed E-state index contributed by atoms with van der Waals surface area (Å²) < 4.78 is 0. The second-order valence-corrected chi connectivity index (χ2v) is 5.71. The Bertz CT molecular complexity index is 787. The third kappa shape index (κ3) is 1.61. The van der Waals surface area contributed by atoms with Gasteiger partial charge in [0.2, 0.25) is 0 Å². The van der Waals surface area contributed by atoms with Crippen LogP contribution in [0, 0.1) is 6.92 Å². The van der Waals surface area contributed by atoms with Gasteiger partial charge in [0.1, 0.15) is 0 Å². The number of benzene rings is 2. The number of aromatic amines is 1. The van der Waals surface area contributed by atoms with Crippen molar-refractivity contribution in [3.8, 4) is 0 Å². The van der Waals surface area contributed by atoms with Gasteiger partial charge in [-0.15, -0.1) is 0 Å². The third-order valence-corrected chi connectivity index (χ3v) is 4.42. The molecule has 3 aromatic rings. The van der Waals surface area contributed by atoms with E-state index in [1.807, 2.05) is 6.07 Å². The zero-order valence-electron chi connectivity index (χ0n) is 11.4. The fraction of sp³-hybridized carbons (Fsp3) is 0.222. The number of aromatic nitrogens is 1. The van der Waals surface area contributed by atoms with Crippen LogP contribution in [0.15, 0.2) is 48.5 Å². The van der Waals surface area contributed by atoms with E-state index in [1.165, 1.54) is 27.6 Å². The van der Waals surface area contributed by atoms with E-state index < -0.39 is 0 Å². The lowest BCUT2D eigenvalue weighted by Crippen LogP contribution is -2.14. The second kappa shape index (κ2) is 4.22. The first-order valence-corrected chi connectivity index (χ1v) is 7.08.